The van der Waals surface area contributed by atoms with Gasteiger partial charge in [-0.25, -0.2) is 4.98 Å². The fraction of sp³-hybridized carbons (Fsp3) is 0.391. The van der Waals surface area contributed by atoms with Gasteiger partial charge < -0.3 is 10.0 Å². The van der Waals surface area contributed by atoms with Crippen molar-refractivity contribution in [2.24, 2.45) is 5.41 Å². The zero-order valence-corrected chi connectivity index (χ0v) is 16.3. The average Bonchev–Trinajstić information content (AvgIpc) is 3.11. The molecule has 0 saturated carbocycles. The van der Waals surface area contributed by atoms with Crippen molar-refractivity contribution in [3.8, 4) is 5.69 Å². The van der Waals surface area contributed by atoms with Crippen LogP contribution < -0.4 is 0 Å². The van der Waals surface area contributed by atoms with Crippen molar-refractivity contribution in [1.82, 2.24) is 14.5 Å². The highest BCUT2D eigenvalue weighted by Gasteiger charge is 2.31. The lowest BCUT2D eigenvalue weighted by Gasteiger charge is -2.38. The number of likely N-dealkylation sites (tertiary alicyclic amines) is 1. The Morgan fingerprint density at radius 3 is 2.46 bits per heavy atom. The summed E-state index contributed by atoms with van der Waals surface area (Å²) < 4.78 is 2.15. The molecule has 5 nitrogen and oxygen atoms in total. The Hall–Kier alpha value is -2.66. The number of aliphatic hydroxyl groups is 1. The summed E-state index contributed by atoms with van der Waals surface area (Å²) in [6.45, 7) is 3.74. The Bertz CT molecular complexity index is 956. The predicted octanol–water partition coefficient (Wildman–Crippen LogP) is 3.58. The molecule has 0 unspecified atom stereocenters. The number of aliphatic hydroxyl groups excluding tert-OH is 1. The van der Waals surface area contributed by atoms with E-state index in [1.807, 2.05) is 41.3 Å². The van der Waals surface area contributed by atoms with Crippen LogP contribution in [0.4, 0.5) is 0 Å². The summed E-state index contributed by atoms with van der Waals surface area (Å²) in [5, 5.41) is 9.52. The Labute approximate surface area is 165 Å². The lowest BCUT2D eigenvalue weighted by molar-refractivity contribution is -0.133. The third-order valence-electron chi connectivity index (χ3n) is 5.91. The normalized spacial score (nSPS) is 16.4. The third kappa shape index (κ3) is 3.67. The van der Waals surface area contributed by atoms with Crippen LogP contribution in [0.25, 0.3) is 16.7 Å². The second-order valence-corrected chi connectivity index (χ2v) is 8.04. The minimum Gasteiger partial charge on any atom is -0.396 e. The van der Waals surface area contributed by atoms with Crippen LogP contribution >= 0.6 is 0 Å². The van der Waals surface area contributed by atoms with Gasteiger partial charge in [0.25, 0.3) is 0 Å². The van der Waals surface area contributed by atoms with Crippen LogP contribution in [0.3, 0.4) is 0 Å². The quantitative estimate of drug-likeness (QED) is 0.739. The highest BCUT2D eigenvalue weighted by molar-refractivity contribution is 5.79. The van der Waals surface area contributed by atoms with Gasteiger partial charge in [-0.2, -0.15) is 0 Å². The lowest BCUT2D eigenvalue weighted by Crippen LogP contribution is -2.43. The van der Waals surface area contributed by atoms with E-state index >= 15 is 0 Å². The first-order valence-corrected chi connectivity index (χ1v) is 10.0. The summed E-state index contributed by atoms with van der Waals surface area (Å²) in [4.78, 5) is 19.5. The SMILES string of the molecule is CC1(CO)CCN(C(=O)CCc2nc3ccccc3n2-c2ccccc2)CC1. The van der Waals surface area contributed by atoms with Crippen molar-refractivity contribution in [2.45, 2.75) is 32.6 Å². The van der Waals surface area contributed by atoms with Crippen molar-refractivity contribution in [3.05, 3.63) is 60.4 Å². The maximum Gasteiger partial charge on any atom is 0.223 e. The molecule has 3 aromatic rings. The van der Waals surface area contributed by atoms with E-state index in [0.717, 1.165) is 48.5 Å². The van der Waals surface area contributed by atoms with Gasteiger partial charge in [-0.1, -0.05) is 37.3 Å². The number of hydrogen-bond donors (Lipinski definition) is 1. The molecule has 1 aliphatic rings. The van der Waals surface area contributed by atoms with Gasteiger partial charge in [0.1, 0.15) is 5.82 Å². The summed E-state index contributed by atoms with van der Waals surface area (Å²) in [6.07, 6.45) is 2.78. The fourth-order valence-electron chi connectivity index (χ4n) is 3.94. The number of nitrogens with zero attached hydrogens (tertiary/aromatic N) is 3. The first-order valence-electron chi connectivity index (χ1n) is 10.0. The average molecular weight is 377 g/mol. The zero-order valence-electron chi connectivity index (χ0n) is 16.3. The number of aromatic nitrogens is 2. The van der Waals surface area contributed by atoms with Crippen molar-refractivity contribution < 1.29 is 9.90 Å². The number of aryl methyl sites for hydroxylation is 1. The maximum absolute atomic E-state index is 12.8. The van der Waals surface area contributed by atoms with E-state index in [0.29, 0.717) is 12.8 Å². The number of hydrogen-bond acceptors (Lipinski definition) is 3. The standard InChI is InChI=1S/C23H27N3O2/c1-23(17-27)13-15-25(16-14-23)22(28)12-11-21-24-19-9-5-6-10-20(19)26(21)18-7-3-2-4-8-18/h2-10,27H,11-17H2,1H3. The minimum absolute atomic E-state index is 0.0436. The number of benzene rings is 2. The Morgan fingerprint density at radius 2 is 1.75 bits per heavy atom. The second-order valence-electron chi connectivity index (χ2n) is 8.04. The summed E-state index contributed by atoms with van der Waals surface area (Å²) >= 11 is 0. The molecule has 146 valence electrons. The first-order chi connectivity index (χ1) is 13.6. The molecule has 0 atom stereocenters. The molecule has 1 amide bonds. The number of imidazole rings is 1. The van der Waals surface area contributed by atoms with Crippen LogP contribution in [0.5, 0.6) is 0 Å². The number of amides is 1. The number of rotatable bonds is 5. The molecule has 1 N–H and O–H groups in total. The van der Waals surface area contributed by atoms with E-state index in [1.165, 1.54) is 0 Å². The summed E-state index contributed by atoms with van der Waals surface area (Å²) in [6, 6.07) is 18.3. The van der Waals surface area contributed by atoms with Crippen LogP contribution in [0.1, 0.15) is 32.0 Å². The summed E-state index contributed by atoms with van der Waals surface area (Å²) in [7, 11) is 0. The number of carbonyl (C=O) groups excluding carboxylic acids is 1. The van der Waals surface area contributed by atoms with E-state index in [2.05, 4.69) is 29.7 Å². The van der Waals surface area contributed by atoms with Crippen molar-refractivity contribution in [1.29, 1.82) is 0 Å². The number of para-hydroxylation sites is 3. The summed E-state index contributed by atoms with van der Waals surface area (Å²) in [5.74, 6) is 1.09. The molecular weight excluding hydrogens is 350 g/mol. The molecule has 2 aromatic carbocycles. The lowest BCUT2D eigenvalue weighted by atomic mass is 9.81. The van der Waals surface area contributed by atoms with Gasteiger partial charge in [-0.3, -0.25) is 9.36 Å². The zero-order chi connectivity index (χ0) is 19.6. The molecular formula is C23H27N3O2. The molecule has 1 aliphatic heterocycles. The van der Waals surface area contributed by atoms with Gasteiger partial charge in [0.2, 0.25) is 5.91 Å². The Kier molecular flexibility index (Phi) is 5.18. The van der Waals surface area contributed by atoms with E-state index in [9.17, 15) is 9.90 Å². The molecule has 0 spiro atoms. The third-order valence-corrected chi connectivity index (χ3v) is 5.91. The predicted molar refractivity (Wildman–Crippen MR) is 110 cm³/mol. The van der Waals surface area contributed by atoms with E-state index in [1.54, 1.807) is 0 Å². The van der Waals surface area contributed by atoms with Crippen LogP contribution in [0.2, 0.25) is 0 Å². The van der Waals surface area contributed by atoms with Crippen molar-refractivity contribution in [3.63, 3.8) is 0 Å². The largest absolute Gasteiger partial charge is 0.396 e. The molecule has 0 bridgehead atoms. The molecule has 1 fully saturated rings. The van der Waals surface area contributed by atoms with E-state index in [4.69, 9.17) is 4.98 Å². The van der Waals surface area contributed by atoms with Crippen LogP contribution in [0, 0.1) is 5.41 Å². The van der Waals surface area contributed by atoms with Crippen molar-refractivity contribution in [2.75, 3.05) is 19.7 Å². The number of fused-ring (bicyclic) bond motifs is 1. The Morgan fingerprint density at radius 1 is 1.07 bits per heavy atom. The van der Waals surface area contributed by atoms with Crippen LogP contribution in [0.15, 0.2) is 54.6 Å². The molecule has 5 heteroatoms. The summed E-state index contributed by atoms with van der Waals surface area (Å²) in [5.41, 5.74) is 3.03. The second kappa shape index (κ2) is 7.76. The minimum atomic E-state index is -0.0436. The van der Waals surface area contributed by atoms with E-state index < -0.39 is 0 Å². The molecule has 1 saturated heterocycles. The molecule has 2 heterocycles. The van der Waals surface area contributed by atoms with Gasteiger partial charge >= 0.3 is 0 Å². The topological polar surface area (TPSA) is 58.4 Å². The van der Waals surface area contributed by atoms with Gasteiger partial charge in [0, 0.05) is 38.2 Å². The molecule has 1 aromatic heterocycles. The van der Waals surface area contributed by atoms with Crippen LogP contribution in [-0.4, -0.2) is 45.2 Å². The highest BCUT2D eigenvalue weighted by atomic mass is 16.3. The van der Waals surface area contributed by atoms with Crippen LogP contribution in [-0.2, 0) is 11.2 Å². The highest BCUT2D eigenvalue weighted by Crippen LogP contribution is 2.30. The molecule has 0 radical (unpaired) electrons. The molecule has 4 rings (SSSR count). The fourth-order valence-corrected chi connectivity index (χ4v) is 3.94. The van der Waals surface area contributed by atoms with Gasteiger partial charge in [0.05, 0.1) is 11.0 Å². The first kappa shape index (κ1) is 18.7. The molecule has 28 heavy (non-hydrogen) atoms. The van der Waals surface area contributed by atoms with Gasteiger partial charge in [-0.05, 0) is 42.5 Å². The van der Waals surface area contributed by atoms with E-state index in [-0.39, 0.29) is 17.9 Å². The Balaban J connectivity index is 1.52. The smallest absolute Gasteiger partial charge is 0.223 e. The monoisotopic (exact) mass is 377 g/mol. The van der Waals surface area contributed by atoms with Gasteiger partial charge in [0.15, 0.2) is 0 Å². The maximum atomic E-state index is 12.8. The molecule has 0 aliphatic carbocycles. The number of piperidine rings is 1. The number of carbonyl (C=O) groups is 1. The van der Waals surface area contributed by atoms with Gasteiger partial charge in [-0.15, -0.1) is 0 Å². The van der Waals surface area contributed by atoms with Crippen molar-refractivity contribution >= 4 is 16.9 Å².